The fraction of sp³-hybridized carbons (Fsp3) is 0.278. The van der Waals surface area contributed by atoms with Crippen LogP contribution in [0.3, 0.4) is 0 Å². The second-order valence-electron chi connectivity index (χ2n) is 5.42. The molecule has 0 fully saturated rings. The maximum Gasteiger partial charge on any atom is 0.322 e. The molecule has 2 N–H and O–H groups in total. The number of methoxy groups -OCH3 is 1. The zero-order valence-corrected chi connectivity index (χ0v) is 13.9. The fourth-order valence-corrected chi connectivity index (χ4v) is 2.37. The zero-order valence-electron chi connectivity index (χ0n) is 13.9. The van der Waals surface area contributed by atoms with Gasteiger partial charge in [-0.3, -0.25) is 0 Å². The average molecular weight is 332 g/mol. The molecule has 2 rings (SSSR count). The molecule has 0 saturated carbocycles. The second-order valence-corrected chi connectivity index (χ2v) is 5.42. The number of carbonyl (C=O) groups is 1. The highest BCUT2D eigenvalue weighted by Gasteiger charge is 2.21. The van der Waals surface area contributed by atoms with E-state index in [4.69, 9.17) is 4.74 Å². The third-order valence-corrected chi connectivity index (χ3v) is 3.97. The summed E-state index contributed by atoms with van der Waals surface area (Å²) in [6.45, 7) is 1.36. The number of halogens is 1. The number of nitrogens with zero attached hydrogens (tertiary/aromatic N) is 1. The van der Waals surface area contributed by atoms with Crippen molar-refractivity contribution in [3.8, 4) is 5.75 Å². The molecule has 2 aromatic carbocycles. The quantitative estimate of drug-likeness (QED) is 0.883. The van der Waals surface area contributed by atoms with Crippen LogP contribution in [-0.4, -0.2) is 36.8 Å². The van der Waals surface area contributed by atoms with E-state index in [2.05, 4.69) is 5.32 Å². The molecule has 1 unspecified atom stereocenters. The third kappa shape index (κ3) is 3.83. The molecule has 0 spiro atoms. The normalized spacial score (nSPS) is 11.7. The molecule has 0 saturated heterocycles. The highest BCUT2D eigenvalue weighted by molar-refractivity contribution is 5.90. The monoisotopic (exact) mass is 332 g/mol. The van der Waals surface area contributed by atoms with Crippen LogP contribution in [0.2, 0.25) is 0 Å². The molecule has 0 heterocycles. The van der Waals surface area contributed by atoms with Crippen molar-refractivity contribution in [3.63, 3.8) is 0 Å². The topological polar surface area (TPSA) is 61.8 Å². The molecule has 128 valence electrons. The molecule has 6 heteroatoms. The van der Waals surface area contributed by atoms with Crippen LogP contribution < -0.4 is 10.1 Å². The van der Waals surface area contributed by atoms with Gasteiger partial charge in [0.1, 0.15) is 11.6 Å². The first-order chi connectivity index (χ1) is 11.5. The van der Waals surface area contributed by atoms with Crippen LogP contribution in [0.4, 0.5) is 14.9 Å². The van der Waals surface area contributed by atoms with E-state index in [1.165, 1.54) is 17.0 Å². The van der Waals surface area contributed by atoms with Crippen LogP contribution >= 0.6 is 0 Å². The molecule has 0 aliphatic heterocycles. The van der Waals surface area contributed by atoms with Crippen molar-refractivity contribution in [2.24, 2.45) is 0 Å². The molecule has 0 aliphatic carbocycles. The molecular formula is C18H21FN2O3. The highest BCUT2D eigenvalue weighted by Crippen LogP contribution is 2.23. The minimum atomic E-state index is -0.523. The molecule has 1 atom stereocenters. The van der Waals surface area contributed by atoms with Gasteiger partial charge in [0, 0.05) is 18.3 Å². The minimum absolute atomic E-state index is 0.238. The number of hydrogen-bond donors (Lipinski definition) is 2. The number of hydrogen-bond acceptors (Lipinski definition) is 3. The lowest BCUT2D eigenvalue weighted by molar-refractivity contribution is 0.159. The Bertz CT molecular complexity index is 704. The summed E-state index contributed by atoms with van der Waals surface area (Å²) in [4.78, 5) is 13.8. The van der Waals surface area contributed by atoms with Gasteiger partial charge in [0.25, 0.3) is 0 Å². The van der Waals surface area contributed by atoms with Crippen molar-refractivity contribution in [1.82, 2.24) is 4.90 Å². The van der Waals surface area contributed by atoms with Crippen LogP contribution in [0.15, 0.2) is 42.5 Å². The first-order valence-corrected chi connectivity index (χ1v) is 7.51. The van der Waals surface area contributed by atoms with E-state index >= 15 is 0 Å². The summed E-state index contributed by atoms with van der Waals surface area (Å²) >= 11 is 0. The first kappa shape index (κ1) is 17.7. The molecule has 2 aromatic rings. The summed E-state index contributed by atoms with van der Waals surface area (Å²) in [6, 6.07) is 10.6. The van der Waals surface area contributed by atoms with Gasteiger partial charge in [-0.15, -0.1) is 0 Å². The SMILES string of the molecule is COc1ccc(C(CO)N(C)C(=O)Nc2cccc(F)c2C)cc1. The van der Waals surface area contributed by atoms with Crippen molar-refractivity contribution in [1.29, 1.82) is 0 Å². The number of rotatable bonds is 5. The Morgan fingerprint density at radius 1 is 1.29 bits per heavy atom. The third-order valence-electron chi connectivity index (χ3n) is 3.97. The smallest absolute Gasteiger partial charge is 0.322 e. The Kier molecular flexibility index (Phi) is 5.76. The van der Waals surface area contributed by atoms with Crippen molar-refractivity contribution in [3.05, 3.63) is 59.4 Å². The minimum Gasteiger partial charge on any atom is -0.497 e. The van der Waals surface area contributed by atoms with Gasteiger partial charge in [-0.2, -0.15) is 0 Å². The van der Waals surface area contributed by atoms with Crippen LogP contribution in [0, 0.1) is 12.7 Å². The molecule has 0 bridgehead atoms. The molecule has 0 aliphatic rings. The predicted octanol–water partition coefficient (Wildman–Crippen LogP) is 3.34. The van der Waals surface area contributed by atoms with Crippen molar-refractivity contribution >= 4 is 11.7 Å². The van der Waals surface area contributed by atoms with E-state index < -0.39 is 12.1 Å². The lowest BCUT2D eigenvalue weighted by Gasteiger charge is -2.27. The van der Waals surface area contributed by atoms with Crippen LogP contribution in [0.1, 0.15) is 17.2 Å². The molecule has 24 heavy (non-hydrogen) atoms. The van der Waals surface area contributed by atoms with E-state index in [0.717, 1.165) is 5.56 Å². The van der Waals surface area contributed by atoms with Gasteiger partial charge in [0.15, 0.2) is 0 Å². The average Bonchev–Trinajstić information content (AvgIpc) is 2.60. The Balaban J connectivity index is 2.16. The van der Waals surface area contributed by atoms with Gasteiger partial charge >= 0.3 is 6.03 Å². The number of benzene rings is 2. The molecule has 2 amide bonds. The van der Waals surface area contributed by atoms with Gasteiger partial charge < -0.3 is 20.1 Å². The van der Waals surface area contributed by atoms with E-state index in [1.807, 2.05) is 0 Å². The Morgan fingerprint density at radius 2 is 1.96 bits per heavy atom. The summed E-state index contributed by atoms with van der Waals surface area (Å²) in [5.41, 5.74) is 1.54. The largest absolute Gasteiger partial charge is 0.497 e. The van der Waals surface area contributed by atoms with Crippen LogP contribution in [0.25, 0.3) is 0 Å². The van der Waals surface area contributed by atoms with Gasteiger partial charge in [-0.05, 0) is 36.8 Å². The van der Waals surface area contributed by atoms with Crippen molar-refractivity contribution < 1.29 is 19.0 Å². The molecule has 5 nitrogen and oxygen atoms in total. The van der Waals surface area contributed by atoms with Crippen molar-refractivity contribution in [2.45, 2.75) is 13.0 Å². The van der Waals surface area contributed by atoms with Gasteiger partial charge in [0.2, 0.25) is 0 Å². The van der Waals surface area contributed by atoms with Crippen LogP contribution in [-0.2, 0) is 0 Å². The number of carbonyl (C=O) groups excluding carboxylic acids is 1. The van der Waals surface area contributed by atoms with E-state index in [-0.39, 0.29) is 12.4 Å². The number of anilines is 1. The summed E-state index contributed by atoms with van der Waals surface area (Å²) < 4.78 is 18.7. The lowest BCUT2D eigenvalue weighted by Crippen LogP contribution is -2.36. The maximum absolute atomic E-state index is 13.6. The fourth-order valence-electron chi connectivity index (χ4n) is 2.37. The number of likely N-dealkylation sites (N-methyl/N-ethyl adjacent to an activating group) is 1. The standard InChI is InChI=1S/C18H21FN2O3/c1-12-15(19)5-4-6-16(12)20-18(23)21(2)17(11-22)13-7-9-14(24-3)10-8-13/h4-10,17,22H,11H2,1-3H3,(H,20,23). The van der Waals surface area contributed by atoms with Gasteiger partial charge in [-0.1, -0.05) is 18.2 Å². The highest BCUT2D eigenvalue weighted by atomic mass is 19.1. The summed E-state index contributed by atoms with van der Waals surface area (Å²) in [6.07, 6.45) is 0. The zero-order chi connectivity index (χ0) is 17.7. The number of ether oxygens (including phenoxy) is 1. The predicted molar refractivity (Wildman–Crippen MR) is 90.7 cm³/mol. The summed E-state index contributed by atoms with van der Waals surface area (Å²) in [5.74, 6) is 0.308. The van der Waals surface area contributed by atoms with Crippen LogP contribution in [0.5, 0.6) is 5.75 Å². The number of aliphatic hydroxyl groups is 1. The lowest BCUT2D eigenvalue weighted by atomic mass is 10.1. The van der Waals surface area contributed by atoms with E-state index in [1.54, 1.807) is 51.4 Å². The van der Waals surface area contributed by atoms with E-state index in [9.17, 15) is 14.3 Å². The van der Waals surface area contributed by atoms with Gasteiger partial charge in [-0.25, -0.2) is 9.18 Å². The van der Waals surface area contributed by atoms with E-state index in [0.29, 0.717) is 17.0 Å². The Labute approximate surface area is 140 Å². The number of amides is 2. The Hall–Kier alpha value is -2.60. The summed E-state index contributed by atoms with van der Waals surface area (Å²) in [5, 5.41) is 12.3. The molecular weight excluding hydrogens is 311 g/mol. The maximum atomic E-state index is 13.6. The summed E-state index contributed by atoms with van der Waals surface area (Å²) in [7, 11) is 3.15. The second kappa shape index (κ2) is 7.79. The number of nitrogens with one attached hydrogen (secondary N) is 1. The van der Waals surface area contributed by atoms with Gasteiger partial charge in [0.05, 0.1) is 19.8 Å². The number of aliphatic hydroxyl groups excluding tert-OH is 1. The Morgan fingerprint density at radius 3 is 2.54 bits per heavy atom. The number of urea groups is 1. The molecule has 0 radical (unpaired) electrons. The first-order valence-electron chi connectivity index (χ1n) is 7.51. The molecule has 0 aromatic heterocycles. The van der Waals surface area contributed by atoms with Crippen molar-refractivity contribution in [2.75, 3.05) is 26.1 Å².